The molecule has 146 valence electrons. The zero-order chi connectivity index (χ0) is 18.9. The number of amides is 1. The van der Waals surface area contributed by atoms with Gasteiger partial charge in [0.25, 0.3) is 5.91 Å². The summed E-state index contributed by atoms with van der Waals surface area (Å²) in [6, 6.07) is 5.77. The number of rotatable bonds is 5. The van der Waals surface area contributed by atoms with Crippen molar-refractivity contribution in [1.29, 1.82) is 0 Å². The smallest absolute Gasteiger partial charge is 0.270 e. The van der Waals surface area contributed by atoms with Gasteiger partial charge in [0.1, 0.15) is 5.69 Å². The second kappa shape index (κ2) is 7.72. The molecule has 4 rings (SSSR count). The van der Waals surface area contributed by atoms with Crippen molar-refractivity contribution in [2.75, 3.05) is 13.1 Å². The fourth-order valence-electron chi connectivity index (χ4n) is 3.92. The van der Waals surface area contributed by atoms with Gasteiger partial charge < -0.3 is 5.32 Å². The molecule has 2 heterocycles. The lowest BCUT2D eigenvalue weighted by molar-refractivity contribution is 0.0946. The summed E-state index contributed by atoms with van der Waals surface area (Å²) in [4.78, 5) is 16.7. The van der Waals surface area contributed by atoms with Crippen molar-refractivity contribution in [2.45, 2.75) is 62.7 Å². The van der Waals surface area contributed by atoms with E-state index in [1.54, 1.807) is 10.4 Å². The van der Waals surface area contributed by atoms with Crippen LogP contribution in [0.4, 0.5) is 0 Å². The van der Waals surface area contributed by atoms with Crippen molar-refractivity contribution in [1.82, 2.24) is 14.6 Å². The molecule has 0 radical (unpaired) electrons. The van der Waals surface area contributed by atoms with E-state index in [2.05, 4.69) is 10.3 Å². The van der Waals surface area contributed by atoms with Gasteiger partial charge in [-0.1, -0.05) is 31.4 Å². The van der Waals surface area contributed by atoms with E-state index in [1.165, 1.54) is 0 Å². The van der Waals surface area contributed by atoms with Gasteiger partial charge in [0.05, 0.1) is 10.9 Å². The third kappa shape index (κ3) is 4.24. The first-order valence-corrected chi connectivity index (χ1v) is 11.5. The predicted molar refractivity (Wildman–Crippen MR) is 105 cm³/mol. The van der Waals surface area contributed by atoms with Crippen LogP contribution in [-0.2, 0) is 10.0 Å². The molecule has 1 amide bonds. The van der Waals surface area contributed by atoms with E-state index < -0.39 is 10.0 Å². The highest BCUT2D eigenvalue weighted by molar-refractivity contribution is 7.89. The topological polar surface area (TPSA) is 79.4 Å². The number of sulfonamides is 1. The van der Waals surface area contributed by atoms with E-state index >= 15 is 0 Å². The van der Waals surface area contributed by atoms with E-state index in [0.717, 1.165) is 56.2 Å². The lowest BCUT2D eigenvalue weighted by Crippen LogP contribution is -2.41. The van der Waals surface area contributed by atoms with Gasteiger partial charge in [-0.25, -0.2) is 13.4 Å². The van der Waals surface area contributed by atoms with Gasteiger partial charge in [-0.2, -0.15) is 4.31 Å². The maximum atomic E-state index is 12.9. The number of hydrogen-bond acceptors (Lipinski definition) is 4. The number of nitrogens with one attached hydrogen (secondary N) is 1. The molecule has 27 heavy (non-hydrogen) atoms. The van der Waals surface area contributed by atoms with Crippen molar-refractivity contribution >= 4 is 21.5 Å². The van der Waals surface area contributed by atoms with Crippen LogP contribution in [0.25, 0.3) is 5.57 Å². The Balaban J connectivity index is 1.44. The van der Waals surface area contributed by atoms with Crippen LogP contribution in [0.15, 0.2) is 24.3 Å². The summed E-state index contributed by atoms with van der Waals surface area (Å²) in [5.74, 6) is -0.128. The van der Waals surface area contributed by atoms with Gasteiger partial charge in [-0.05, 0) is 49.8 Å². The van der Waals surface area contributed by atoms with Crippen molar-refractivity contribution < 1.29 is 13.2 Å². The Hall–Kier alpha value is -1.73. The van der Waals surface area contributed by atoms with E-state index in [9.17, 15) is 13.2 Å². The minimum absolute atomic E-state index is 0.128. The molecule has 0 aromatic carbocycles. The van der Waals surface area contributed by atoms with Gasteiger partial charge >= 0.3 is 0 Å². The number of pyridine rings is 1. The van der Waals surface area contributed by atoms with Gasteiger partial charge in [-0.15, -0.1) is 0 Å². The van der Waals surface area contributed by atoms with E-state index in [1.807, 2.05) is 18.2 Å². The van der Waals surface area contributed by atoms with Crippen molar-refractivity contribution in [3.05, 3.63) is 35.7 Å². The maximum absolute atomic E-state index is 12.9. The molecule has 2 fully saturated rings. The molecule has 0 spiro atoms. The van der Waals surface area contributed by atoms with Crippen LogP contribution < -0.4 is 5.32 Å². The normalized spacial score (nSPS) is 22.3. The molecule has 0 atom stereocenters. The van der Waals surface area contributed by atoms with Crippen LogP contribution >= 0.6 is 0 Å². The molecule has 1 aromatic rings. The quantitative estimate of drug-likeness (QED) is 0.840. The molecule has 0 bridgehead atoms. The molecular weight excluding hydrogens is 362 g/mol. The average Bonchev–Trinajstić information content (AvgIpc) is 3.53. The maximum Gasteiger partial charge on any atom is 0.270 e. The highest BCUT2D eigenvalue weighted by Crippen LogP contribution is 2.29. The second-order valence-electron chi connectivity index (χ2n) is 7.80. The molecule has 2 aliphatic carbocycles. The Kier molecular flexibility index (Phi) is 5.32. The van der Waals surface area contributed by atoms with Gasteiger partial charge in [0.2, 0.25) is 10.0 Å². The third-order valence-electron chi connectivity index (χ3n) is 5.73. The summed E-state index contributed by atoms with van der Waals surface area (Å²) in [5, 5.41) is 2.74. The Morgan fingerprint density at radius 3 is 2.56 bits per heavy atom. The molecule has 0 saturated heterocycles. The molecule has 1 aromatic heterocycles. The van der Waals surface area contributed by atoms with Crippen LogP contribution in [0, 0.1) is 0 Å². The monoisotopic (exact) mass is 389 g/mol. The van der Waals surface area contributed by atoms with Crippen LogP contribution in [-0.4, -0.2) is 48.0 Å². The zero-order valence-corrected chi connectivity index (χ0v) is 16.4. The summed E-state index contributed by atoms with van der Waals surface area (Å²) < 4.78 is 27.3. The first kappa shape index (κ1) is 18.6. The van der Waals surface area contributed by atoms with E-state index in [4.69, 9.17) is 0 Å². The summed E-state index contributed by atoms with van der Waals surface area (Å²) in [7, 11) is -3.21. The first-order valence-electron chi connectivity index (χ1n) is 10.0. The van der Waals surface area contributed by atoms with Gasteiger partial charge in [0, 0.05) is 19.1 Å². The van der Waals surface area contributed by atoms with Crippen molar-refractivity contribution in [3.8, 4) is 0 Å². The zero-order valence-electron chi connectivity index (χ0n) is 15.6. The fraction of sp³-hybridized carbons (Fsp3) is 0.600. The van der Waals surface area contributed by atoms with Crippen LogP contribution in [0.3, 0.4) is 0 Å². The summed E-state index contributed by atoms with van der Waals surface area (Å²) in [6.07, 6.45) is 9.42. The van der Waals surface area contributed by atoms with E-state index in [-0.39, 0.29) is 11.2 Å². The fourth-order valence-corrected chi connectivity index (χ4v) is 5.89. The molecule has 6 nitrogen and oxygen atoms in total. The minimum Gasteiger partial charge on any atom is -0.348 e. The number of nitrogens with zero attached hydrogens (tertiary/aromatic N) is 2. The second-order valence-corrected chi connectivity index (χ2v) is 10.0. The number of carbonyl (C=O) groups is 1. The standard InChI is InChI=1S/C20H27N3O3S/c24-20(21-16-9-10-16)19-8-4-7-18(22-19)15-11-13-23(14-12-15)27(25,26)17-5-2-1-3-6-17/h4,7-8,11,16-17H,1-3,5-6,9-10,12-14H2,(H,21,24). The molecule has 2 saturated carbocycles. The van der Waals surface area contributed by atoms with Crippen LogP contribution in [0.1, 0.15) is 67.5 Å². The van der Waals surface area contributed by atoms with Crippen molar-refractivity contribution in [3.63, 3.8) is 0 Å². The Bertz CT molecular complexity index is 840. The average molecular weight is 390 g/mol. The molecule has 0 unspecified atom stereocenters. The highest BCUT2D eigenvalue weighted by Gasteiger charge is 2.33. The van der Waals surface area contributed by atoms with E-state index in [0.29, 0.717) is 31.2 Å². The number of hydrogen-bond donors (Lipinski definition) is 1. The number of carbonyl (C=O) groups excluding carboxylic acids is 1. The SMILES string of the molecule is O=C(NC1CC1)c1cccc(C2=CCN(S(=O)(=O)C3CCCCC3)CC2)n1. The van der Waals surface area contributed by atoms with Gasteiger partial charge in [-0.3, -0.25) is 4.79 Å². The Labute approximate surface area is 161 Å². The summed E-state index contributed by atoms with van der Waals surface area (Å²) in [6.45, 7) is 0.888. The Morgan fingerprint density at radius 2 is 1.89 bits per heavy atom. The molecule has 1 N–H and O–H groups in total. The largest absolute Gasteiger partial charge is 0.348 e. The number of aromatic nitrogens is 1. The van der Waals surface area contributed by atoms with Crippen molar-refractivity contribution in [2.24, 2.45) is 0 Å². The molecular formula is C20H27N3O3S. The summed E-state index contributed by atoms with van der Waals surface area (Å²) in [5.41, 5.74) is 2.22. The van der Waals surface area contributed by atoms with Crippen LogP contribution in [0.5, 0.6) is 0 Å². The molecule has 7 heteroatoms. The van der Waals surface area contributed by atoms with Crippen LogP contribution in [0.2, 0.25) is 0 Å². The molecule has 3 aliphatic rings. The lowest BCUT2D eigenvalue weighted by Gasteiger charge is -2.31. The minimum atomic E-state index is -3.21. The highest BCUT2D eigenvalue weighted by atomic mass is 32.2. The van der Waals surface area contributed by atoms with Gasteiger partial charge in [0.15, 0.2) is 0 Å². The molecule has 1 aliphatic heterocycles. The lowest BCUT2D eigenvalue weighted by atomic mass is 10.0. The Morgan fingerprint density at radius 1 is 1.11 bits per heavy atom. The predicted octanol–water partition coefficient (Wildman–Crippen LogP) is 2.73. The summed E-state index contributed by atoms with van der Waals surface area (Å²) >= 11 is 0. The first-order chi connectivity index (χ1) is 13.0. The third-order valence-corrected chi connectivity index (χ3v) is 8.09.